The van der Waals surface area contributed by atoms with Gasteiger partial charge in [0.2, 0.25) is 0 Å². The summed E-state index contributed by atoms with van der Waals surface area (Å²) in [6.45, 7) is 10.9. The van der Waals surface area contributed by atoms with E-state index < -0.39 is 0 Å². The predicted molar refractivity (Wildman–Crippen MR) is 85.1 cm³/mol. The Labute approximate surface area is 117 Å². The monoisotopic (exact) mass is 252 g/mol. The molecule has 2 rings (SSSR count). The number of aryl methyl sites for hydroxylation is 1. The van der Waals surface area contributed by atoms with Crippen LogP contribution in [0.1, 0.15) is 44.2 Å². The molecule has 1 aromatic rings. The zero-order chi connectivity index (χ0) is 13.8. The SMILES string of the molecule is C=C(c1ccc(C)cc1)C1CC=C(C)C=C1CCC. The fourth-order valence-corrected chi connectivity index (χ4v) is 2.78. The smallest absolute Gasteiger partial charge is 0.00861 e. The van der Waals surface area contributed by atoms with E-state index in [1.165, 1.54) is 35.1 Å². The Bertz CT molecular complexity index is 511. The number of hydrogen-bond donors (Lipinski definition) is 0. The third-order valence-corrected chi connectivity index (χ3v) is 3.92. The van der Waals surface area contributed by atoms with Crippen LogP contribution < -0.4 is 0 Å². The van der Waals surface area contributed by atoms with Crippen molar-refractivity contribution in [3.63, 3.8) is 0 Å². The molecule has 0 aliphatic heterocycles. The van der Waals surface area contributed by atoms with E-state index in [9.17, 15) is 0 Å². The lowest BCUT2D eigenvalue weighted by Gasteiger charge is -2.25. The molecule has 1 atom stereocenters. The molecule has 0 nitrogen and oxygen atoms in total. The van der Waals surface area contributed by atoms with Crippen LogP contribution in [0.15, 0.2) is 54.1 Å². The number of rotatable bonds is 4. The van der Waals surface area contributed by atoms with Crippen LogP contribution in [0.4, 0.5) is 0 Å². The predicted octanol–water partition coefficient (Wildman–Crippen LogP) is 5.70. The molecule has 0 heteroatoms. The summed E-state index contributed by atoms with van der Waals surface area (Å²) in [6.07, 6.45) is 8.18. The van der Waals surface area contributed by atoms with Crippen molar-refractivity contribution in [3.8, 4) is 0 Å². The van der Waals surface area contributed by atoms with Crippen molar-refractivity contribution >= 4 is 5.57 Å². The summed E-state index contributed by atoms with van der Waals surface area (Å²) in [4.78, 5) is 0. The van der Waals surface area contributed by atoms with Gasteiger partial charge in [0.05, 0.1) is 0 Å². The average Bonchev–Trinajstić information content (AvgIpc) is 2.39. The van der Waals surface area contributed by atoms with Crippen LogP contribution in [0.25, 0.3) is 5.57 Å². The molecule has 1 aliphatic rings. The number of benzene rings is 1. The van der Waals surface area contributed by atoms with Crippen molar-refractivity contribution in [1.29, 1.82) is 0 Å². The maximum atomic E-state index is 4.37. The molecule has 0 aromatic heterocycles. The summed E-state index contributed by atoms with van der Waals surface area (Å²) in [7, 11) is 0. The van der Waals surface area contributed by atoms with Crippen LogP contribution in [0.5, 0.6) is 0 Å². The highest BCUT2D eigenvalue weighted by atomic mass is 14.2. The second-order valence-corrected chi connectivity index (χ2v) is 5.60. The second kappa shape index (κ2) is 6.06. The van der Waals surface area contributed by atoms with Gasteiger partial charge in [0.15, 0.2) is 0 Å². The molecule has 0 fully saturated rings. The van der Waals surface area contributed by atoms with Crippen LogP contribution >= 0.6 is 0 Å². The molecule has 0 heterocycles. The van der Waals surface area contributed by atoms with E-state index in [0.29, 0.717) is 5.92 Å². The van der Waals surface area contributed by atoms with Gasteiger partial charge in [-0.25, -0.2) is 0 Å². The van der Waals surface area contributed by atoms with Gasteiger partial charge in [-0.05, 0) is 37.8 Å². The molecule has 1 unspecified atom stereocenters. The van der Waals surface area contributed by atoms with E-state index in [-0.39, 0.29) is 0 Å². The maximum Gasteiger partial charge on any atom is 0.00861 e. The minimum absolute atomic E-state index is 0.492. The highest BCUT2D eigenvalue weighted by Crippen LogP contribution is 2.36. The van der Waals surface area contributed by atoms with Crippen LogP contribution in [0.3, 0.4) is 0 Å². The van der Waals surface area contributed by atoms with Gasteiger partial charge in [0, 0.05) is 5.92 Å². The minimum atomic E-state index is 0.492. The van der Waals surface area contributed by atoms with Gasteiger partial charge < -0.3 is 0 Å². The Morgan fingerprint density at radius 2 is 1.89 bits per heavy atom. The molecule has 0 spiro atoms. The van der Waals surface area contributed by atoms with E-state index in [2.05, 4.69) is 63.8 Å². The van der Waals surface area contributed by atoms with E-state index >= 15 is 0 Å². The zero-order valence-corrected chi connectivity index (χ0v) is 12.4. The van der Waals surface area contributed by atoms with Crippen LogP contribution in [-0.4, -0.2) is 0 Å². The Morgan fingerprint density at radius 3 is 2.53 bits per heavy atom. The highest BCUT2D eigenvalue weighted by molar-refractivity contribution is 5.69. The molecular weight excluding hydrogens is 228 g/mol. The average molecular weight is 252 g/mol. The molecule has 19 heavy (non-hydrogen) atoms. The van der Waals surface area contributed by atoms with Gasteiger partial charge in [0.1, 0.15) is 0 Å². The van der Waals surface area contributed by atoms with Gasteiger partial charge in [-0.15, -0.1) is 0 Å². The number of allylic oxidation sites excluding steroid dienone is 5. The lowest BCUT2D eigenvalue weighted by atomic mass is 9.79. The van der Waals surface area contributed by atoms with Gasteiger partial charge >= 0.3 is 0 Å². The summed E-state index contributed by atoms with van der Waals surface area (Å²) in [5.74, 6) is 0.492. The van der Waals surface area contributed by atoms with Gasteiger partial charge in [-0.2, -0.15) is 0 Å². The largest absolute Gasteiger partial charge is 0.0946 e. The molecule has 0 bridgehead atoms. The summed E-state index contributed by atoms with van der Waals surface area (Å²) in [5, 5.41) is 0. The summed E-state index contributed by atoms with van der Waals surface area (Å²) < 4.78 is 0. The van der Waals surface area contributed by atoms with Crippen molar-refractivity contribution in [2.45, 2.75) is 40.0 Å². The second-order valence-electron chi connectivity index (χ2n) is 5.60. The van der Waals surface area contributed by atoms with Gasteiger partial charge in [-0.1, -0.05) is 73.1 Å². The quantitative estimate of drug-likeness (QED) is 0.644. The summed E-state index contributed by atoms with van der Waals surface area (Å²) in [6, 6.07) is 8.75. The van der Waals surface area contributed by atoms with Crippen molar-refractivity contribution in [2.24, 2.45) is 5.92 Å². The van der Waals surface area contributed by atoms with Crippen molar-refractivity contribution in [3.05, 3.63) is 65.3 Å². The lowest BCUT2D eigenvalue weighted by molar-refractivity contribution is 0.711. The standard InChI is InChI=1S/C19H24/c1-5-6-18-13-15(3)9-12-19(18)16(4)17-10-7-14(2)8-11-17/h7-11,13,19H,4-6,12H2,1-3H3. The first kappa shape index (κ1) is 13.9. The third-order valence-electron chi connectivity index (χ3n) is 3.92. The fourth-order valence-electron chi connectivity index (χ4n) is 2.78. The van der Waals surface area contributed by atoms with Gasteiger partial charge in [0.25, 0.3) is 0 Å². The van der Waals surface area contributed by atoms with E-state index in [1.54, 1.807) is 5.57 Å². The number of hydrogen-bond acceptors (Lipinski definition) is 0. The zero-order valence-electron chi connectivity index (χ0n) is 12.4. The Kier molecular flexibility index (Phi) is 4.42. The summed E-state index contributed by atoms with van der Waals surface area (Å²) >= 11 is 0. The van der Waals surface area contributed by atoms with Crippen molar-refractivity contribution < 1.29 is 0 Å². The van der Waals surface area contributed by atoms with Crippen LogP contribution in [0, 0.1) is 12.8 Å². The molecule has 1 aliphatic carbocycles. The first-order chi connectivity index (χ1) is 9.11. The van der Waals surface area contributed by atoms with Crippen LogP contribution in [0.2, 0.25) is 0 Å². The minimum Gasteiger partial charge on any atom is -0.0946 e. The molecule has 0 saturated heterocycles. The van der Waals surface area contributed by atoms with Crippen molar-refractivity contribution in [1.82, 2.24) is 0 Å². The van der Waals surface area contributed by atoms with Crippen LogP contribution in [-0.2, 0) is 0 Å². The van der Waals surface area contributed by atoms with Crippen molar-refractivity contribution in [2.75, 3.05) is 0 Å². The fraction of sp³-hybridized carbons (Fsp3) is 0.368. The first-order valence-corrected chi connectivity index (χ1v) is 7.25. The molecule has 100 valence electrons. The Morgan fingerprint density at radius 1 is 1.21 bits per heavy atom. The molecule has 0 radical (unpaired) electrons. The molecule has 1 aromatic carbocycles. The molecule has 0 amide bonds. The van der Waals surface area contributed by atoms with Gasteiger partial charge in [-0.3, -0.25) is 0 Å². The third kappa shape index (κ3) is 3.26. The molecule has 0 saturated carbocycles. The highest BCUT2D eigenvalue weighted by Gasteiger charge is 2.20. The lowest BCUT2D eigenvalue weighted by Crippen LogP contribution is -2.09. The Balaban J connectivity index is 2.23. The summed E-state index contributed by atoms with van der Waals surface area (Å²) in [5.41, 5.74) is 6.80. The molecule has 0 N–H and O–H groups in total. The van der Waals surface area contributed by atoms with E-state index in [0.717, 1.165) is 6.42 Å². The normalized spacial score (nSPS) is 18.8. The Hall–Kier alpha value is -1.56. The first-order valence-electron chi connectivity index (χ1n) is 7.25. The van der Waals surface area contributed by atoms with E-state index in [1.807, 2.05) is 0 Å². The topological polar surface area (TPSA) is 0 Å². The van der Waals surface area contributed by atoms with E-state index in [4.69, 9.17) is 0 Å². The molecular formula is C19H24. The maximum absolute atomic E-state index is 4.37.